The molecule has 5 heteroatoms. The lowest BCUT2D eigenvalue weighted by Crippen LogP contribution is -2.40. The van der Waals surface area contributed by atoms with Gasteiger partial charge >= 0.3 is 5.97 Å². The summed E-state index contributed by atoms with van der Waals surface area (Å²) in [7, 11) is 0. The number of hydrogen-bond donors (Lipinski definition) is 2. The van der Waals surface area contributed by atoms with Gasteiger partial charge in [0.1, 0.15) is 0 Å². The maximum atomic E-state index is 11.3. The van der Waals surface area contributed by atoms with Crippen molar-refractivity contribution in [3.05, 3.63) is 23.8 Å². The van der Waals surface area contributed by atoms with Gasteiger partial charge < -0.3 is 10.4 Å². The van der Waals surface area contributed by atoms with Crippen molar-refractivity contribution in [3.63, 3.8) is 0 Å². The molecule has 5 nitrogen and oxygen atoms in total. The van der Waals surface area contributed by atoms with E-state index in [0.717, 1.165) is 0 Å². The van der Waals surface area contributed by atoms with Crippen LogP contribution in [0, 0.1) is 5.92 Å². The van der Waals surface area contributed by atoms with E-state index in [1.807, 2.05) is 0 Å². The fourth-order valence-corrected chi connectivity index (χ4v) is 1.47. The molecule has 2 aliphatic rings. The molecule has 1 aliphatic heterocycles. The summed E-state index contributed by atoms with van der Waals surface area (Å²) < 4.78 is 0. The summed E-state index contributed by atoms with van der Waals surface area (Å²) in [6.45, 7) is 0. The Hall–Kier alpha value is -1.91. The van der Waals surface area contributed by atoms with Gasteiger partial charge in [0.15, 0.2) is 0 Å². The van der Waals surface area contributed by atoms with E-state index in [9.17, 15) is 9.59 Å². The Balaban J connectivity index is 2.33. The Morgan fingerprint density at radius 2 is 2.36 bits per heavy atom. The number of carbonyl (C=O) groups excluding carboxylic acids is 1. The molecule has 0 saturated heterocycles. The van der Waals surface area contributed by atoms with Crippen molar-refractivity contribution in [3.8, 4) is 0 Å². The number of nitrogens with one attached hydrogen (secondary N) is 1. The first-order valence-electron chi connectivity index (χ1n) is 4.14. The van der Waals surface area contributed by atoms with Crippen molar-refractivity contribution in [2.45, 2.75) is 6.04 Å². The van der Waals surface area contributed by atoms with E-state index >= 15 is 0 Å². The average molecular weight is 192 g/mol. The van der Waals surface area contributed by atoms with Crippen LogP contribution in [0.15, 0.2) is 28.8 Å². The highest BCUT2D eigenvalue weighted by molar-refractivity contribution is 5.97. The van der Waals surface area contributed by atoms with E-state index in [1.165, 1.54) is 18.5 Å². The lowest BCUT2D eigenvalue weighted by atomic mass is 9.90. The Kier molecular flexibility index (Phi) is 1.92. The molecule has 0 bridgehead atoms. The Morgan fingerprint density at radius 1 is 1.57 bits per heavy atom. The van der Waals surface area contributed by atoms with Gasteiger partial charge in [0.25, 0.3) is 0 Å². The van der Waals surface area contributed by atoms with E-state index in [0.29, 0.717) is 0 Å². The molecule has 72 valence electrons. The van der Waals surface area contributed by atoms with E-state index in [2.05, 4.69) is 10.3 Å². The van der Waals surface area contributed by atoms with Gasteiger partial charge in [-0.2, -0.15) is 0 Å². The largest absolute Gasteiger partial charge is 0.478 e. The normalized spacial score (nSPS) is 29.1. The average Bonchev–Trinajstić information content (AvgIpc) is 2.18. The number of rotatable bonds is 1. The molecule has 0 aromatic heterocycles. The van der Waals surface area contributed by atoms with Crippen molar-refractivity contribution in [2.24, 2.45) is 10.9 Å². The predicted octanol–water partition coefficient (Wildman–Crippen LogP) is -0.290. The topological polar surface area (TPSA) is 78.8 Å². The van der Waals surface area contributed by atoms with Gasteiger partial charge in [-0.05, 0) is 6.08 Å². The summed E-state index contributed by atoms with van der Waals surface area (Å²) in [5.74, 6) is -1.73. The molecule has 2 atom stereocenters. The number of carbonyl (C=O) groups is 2. The van der Waals surface area contributed by atoms with Crippen LogP contribution in [-0.2, 0) is 9.59 Å². The number of aliphatic carboxylic acids is 1. The quantitative estimate of drug-likeness (QED) is 0.599. The number of carboxylic acids is 1. The van der Waals surface area contributed by atoms with E-state index in [4.69, 9.17) is 5.11 Å². The highest BCUT2D eigenvalue weighted by Gasteiger charge is 2.30. The van der Waals surface area contributed by atoms with Crippen LogP contribution in [0.5, 0.6) is 0 Å². The van der Waals surface area contributed by atoms with Gasteiger partial charge in [-0.25, -0.2) is 4.79 Å². The molecule has 0 aromatic carbocycles. The van der Waals surface area contributed by atoms with E-state index < -0.39 is 11.9 Å². The van der Waals surface area contributed by atoms with Gasteiger partial charge in [-0.3, -0.25) is 9.79 Å². The second kappa shape index (κ2) is 3.10. The lowest BCUT2D eigenvalue weighted by molar-refractivity contribution is -0.132. The molecule has 0 saturated carbocycles. The van der Waals surface area contributed by atoms with E-state index in [1.54, 1.807) is 6.08 Å². The Bertz CT molecular complexity index is 382. The van der Waals surface area contributed by atoms with Crippen LogP contribution < -0.4 is 5.32 Å². The summed E-state index contributed by atoms with van der Waals surface area (Å²) in [6, 6.07) is -0.258. The van der Waals surface area contributed by atoms with Crippen molar-refractivity contribution < 1.29 is 14.7 Å². The molecule has 0 radical (unpaired) electrons. The molecule has 2 unspecified atom stereocenters. The summed E-state index contributed by atoms with van der Waals surface area (Å²) in [6.07, 6.45) is 5.87. The second-order valence-corrected chi connectivity index (χ2v) is 3.09. The number of hydrogen-bond acceptors (Lipinski definition) is 3. The highest BCUT2D eigenvalue weighted by Crippen LogP contribution is 2.21. The first-order valence-corrected chi connectivity index (χ1v) is 4.14. The highest BCUT2D eigenvalue weighted by atomic mass is 16.4. The monoisotopic (exact) mass is 192 g/mol. The first-order chi connectivity index (χ1) is 6.68. The SMILES string of the molecule is O=C(O)C1=CC2C(=O)NC=NC2C=C1. The lowest BCUT2D eigenvalue weighted by Gasteiger charge is -2.23. The maximum Gasteiger partial charge on any atom is 0.335 e. The fraction of sp³-hybridized carbons (Fsp3) is 0.222. The zero-order valence-corrected chi connectivity index (χ0v) is 7.18. The summed E-state index contributed by atoms with van der Waals surface area (Å²) in [5.41, 5.74) is 0.138. The van der Waals surface area contributed by atoms with Crippen LogP contribution in [0.1, 0.15) is 0 Å². The summed E-state index contributed by atoms with van der Waals surface area (Å²) in [4.78, 5) is 26.0. The van der Waals surface area contributed by atoms with Crippen LogP contribution in [0.3, 0.4) is 0 Å². The molecule has 1 amide bonds. The van der Waals surface area contributed by atoms with Crippen LogP contribution in [0.2, 0.25) is 0 Å². The molecule has 2 N–H and O–H groups in total. The third-order valence-corrected chi connectivity index (χ3v) is 2.20. The minimum Gasteiger partial charge on any atom is -0.478 e. The zero-order chi connectivity index (χ0) is 10.1. The van der Waals surface area contributed by atoms with Crippen LogP contribution in [0.4, 0.5) is 0 Å². The molecule has 0 spiro atoms. The number of nitrogens with zero attached hydrogens (tertiary/aromatic N) is 1. The minimum absolute atomic E-state index is 0.138. The van der Waals surface area contributed by atoms with Crippen LogP contribution in [-0.4, -0.2) is 29.4 Å². The molecule has 14 heavy (non-hydrogen) atoms. The fourth-order valence-electron chi connectivity index (χ4n) is 1.47. The minimum atomic E-state index is -1.03. The molecule has 0 fully saturated rings. The van der Waals surface area contributed by atoms with Gasteiger partial charge in [0, 0.05) is 0 Å². The molecule has 1 heterocycles. The maximum absolute atomic E-state index is 11.3. The molecular formula is C9H8N2O3. The molecular weight excluding hydrogens is 184 g/mol. The van der Waals surface area contributed by atoms with Gasteiger partial charge in [-0.1, -0.05) is 12.2 Å². The summed E-state index contributed by atoms with van der Waals surface area (Å²) in [5, 5.41) is 11.2. The number of carboxylic acid groups (broad SMARTS) is 1. The number of aliphatic imine (C=N–C) groups is 1. The third kappa shape index (κ3) is 1.32. The standard InChI is InChI=1S/C9H8N2O3/c12-8-6-3-5(9(13)14)1-2-7(6)10-4-11-8/h1-4,6-7H,(H,13,14)(H,10,11,12). The molecule has 1 aliphatic carbocycles. The van der Waals surface area contributed by atoms with Gasteiger partial charge in [0.2, 0.25) is 5.91 Å². The summed E-state index contributed by atoms with van der Waals surface area (Å²) >= 11 is 0. The first kappa shape index (κ1) is 8.68. The van der Waals surface area contributed by atoms with E-state index in [-0.39, 0.29) is 17.5 Å². The van der Waals surface area contributed by atoms with Crippen molar-refractivity contribution >= 4 is 18.2 Å². The van der Waals surface area contributed by atoms with Crippen molar-refractivity contribution in [1.29, 1.82) is 0 Å². The Labute approximate surface area is 79.8 Å². The third-order valence-electron chi connectivity index (χ3n) is 2.20. The zero-order valence-electron chi connectivity index (χ0n) is 7.18. The van der Waals surface area contributed by atoms with Crippen molar-refractivity contribution in [2.75, 3.05) is 0 Å². The molecule has 0 aromatic rings. The van der Waals surface area contributed by atoms with Gasteiger partial charge in [-0.15, -0.1) is 0 Å². The molecule has 2 rings (SSSR count). The second-order valence-electron chi connectivity index (χ2n) is 3.09. The predicted molar refractivity (Wildman–Crippen MR) is 48.8 cm³/mol. The van der Waals surface area contributed by atoms with Crippen molar-refractivity contribution in [1.82, 2.24) is 5.32 Å². The van der Waals surface area contributed by atoms with Crippen LogP contribution >= 0.6 is 0 Å². The smallest absolute Gasteiger partial charge is 0.335 e. The number of fused-ring (bicyclic) bond motifs is 1. The van der Waals surface area contributed by atoms with Crippen LogP contribution in [0.25, 0.3) is 0 Å². The Morgan fingerprint density at radius 3 is 3.07 bits per heavy atom. The number of amides is 1. The van der Waals surface area contributed by atoms with Gasteiger partial charge in [0.05, 0.1) is 23.9 Å².